The van der Waals surface area contributed by atoms with Gasteiger partial charge in [0.25, 0.3) is 0 Å². The number of unbranched alkanes of at least 4 members (excludes halogenated alkanes) is 1. The summed E-state index contributed by atoms with van der Waals surface area (Å²) in [5.41, 5.74) is 0. The van der Waals surface area contributed by atoms with Gasteiger partial charge in [-0.3, -0.25) is 9.69 Å². The monoisotopic (exact) mass is 241 g/mol. The summed E-state index contributed by atoms with van der Waals surface area (Å²) in [5.74, 6) is 0.632. The molecular weight excluding hydrogens is 214 g/mol. The highest BCUT2D eigenvalue weighted by molar-refractivity contribution is 5.82. The first-order chi connectivity index (χ1) is 8.02. The van der Waals surface area contributed by atoms with Crippen molar-refractivity contribution in [2.24, 2.45) is 5.92 Å². The van der Waals surface area contributed by atoms with Crippen LogP contribution in [0.4, 0.5) is 0 Å². The first-order valence-corrected chi connectivity index (χ1v) is 6.90. The van der Waals surface area contributed by atoms with Crippen LogP contribution in [0, 0.1) is 5.92 Å². The average molecular weight is 241 g/mol. The highest BCUT2D eigenvalue weighted by Crippen LogP contribution is 2.20. The zero-order valence-corrected chi connectivity index (χ0v) is 11.7. The molecule has 1 fully saturated rings. The molecule has 0 spiro atoms. The largest absolute Gasteiger partial charge is 0.379 e. The smallest absolute Gasteiger partial charge is 0.138 e. The summed E-state index contributed by atoms with van der Waals surface area (Å²) in [6.45, 7) is 11.3. The molecule has 1 rings (SSSR count). The molecule has 3 nitrogen and oxygen atoms in total. The molecule has 0 aromatic rings. The van der Waals surface area contributed by atoms with E-state index in [9.17, 15) is 4.79 Å². The number of Topliss-reactive ketones (excluding diaryl/α,β-unsaturated/α-hetero) is 1. The van der Waals surface area contributed by atoms with Crippen LogP contribution < -0.4 is 0 Å². The Bertz CT molecular complexity index is 240. The summed E-state index contributed by atoms with van der Waals surface area (Å²) < 4.78 is 5.52. The van der Waals surface area contributed by atoms with Gasteiger partial charge in [-0.05, 0) is 40.2 Å². The van der Waals surface area contributed by atoms with E-state index in [0.29, 0.717) is 17.9 Å². The molecule has 1 aliphatic rings. The van der Waals surface area contributed by atoms with Crippen LogP contribution in [0.15, 0.2) is 0 Å². The van der Waals surface area contributed by atoms with Crippen molar-refractivity contribution in [2.75, 3.05) is 19.7 Å². The van der Waals surface area contributed by atoms with E-state index >= 15 is 0 Å². The Kier molecular flexibility index (Phi) is 6.14. The Morgan fingerprint density at radius 3 is 2.71 bits per heavy atom. The molecule has 100 valence electrons. The second-order valence-corrected chi connectivity index (χ2v) is 5.41. The van der Waals surface area contributed by atoms with Gasteiger partial charge in [0.2, 0.25) is 0 Å². The summed E-state index contributed by atoms with van der Waals surface area (Å²) in [4.78, 5) is 14.0. The molecule has 0 aromatic heterocycles. The van der Waals surface area contributed by atoms with Gasteiger partial charge in [0.05, 0.1) is 6.10 Å². The van der Waals surface area contributed by atoms with Crippen molar-refractivity contribution in [3.8, 4) is 0 Å². The molecule has 0 aliphatic carbocycles. The standard InChI is InChI=1S/C14H27NO2/c1-11(2)17-10-6-5-8-15-9-7-14(16)12(3)13(15)4/h11-13H,5-10H2,1-4H3. The Balaban J connectivity index is 2.17. The van der Waals surface area contributed by atoms with Gasteiger partial charge in [0.15, 0.2) is 0 Å². The predicted molar refractivity (Wildman–Crippen MR) is 70.1 cm³/mol. The topological polar surface area (TPSA) is 29.5 Å². The quantitative estimate of drug-likeness (QED) is 0.669. The fourth-order valence-corrected chi connectivity index (χ4v) is 2.32. The summed E-state index contributed by atoms with van der Waals surface area (Å²) in [7, 11) is 0. The van der Waals surface area contributed by atoms with Crippen molar-refractivity contribution in [3.05, 3.63) is 0 Å². The minimum atomic E-state index is 0.204. The van der Waals surface area contributed by atoms with E-state index in [1.54, 1.807) is 0 Å². The molecule has 1 heterocycles. The maximum Gasteiger partial charge on any atom is 0.138 e. The van der Waals surface area contributed by atoms with Gasteiger partial charge in [-0.1, -0.05) is 6.92 Å². The third-order valence-corrected chi connectivity index (χ3v) is 3.74. The van der Waals surface area contributed by atoms with Crippen molar-refractivity contribution in [1.82, 2.24) is 4.90 Å². The predicted octanol–water partition coefficient (Wildman–Crippen LogP) is 2.49. The van der Waals surface area contributed by atoms with Gasteiger partial charge < -0.3 is 4.74 Å². The van der Waals surface area contributed by atoms with Crippen LogP contribution in [0.5, 0.6) is 0 Å². The van der Waals surface area contributed by atoms with Crippen LogP contribution in [0.3, 0.4) is 0 Å². The molecule has 3 heteroatoms. The summed E-state index contributed by atoms with van der Waals surface area (Å²) >= 11 is 0. The molecule has 0 bridgehead atoms. The first kappa shape index (κ1) is 14.7. The van der Waals surface area contributed by atoms with Gasteiger partial charge in [0, 0.05) is 31.5 Å². The molecule has 0 amide bonds. The van der Waals surface area contributed by atoms with Crippen molar-refractivity contribution in [3.63, 3.8) is 0 Å². The fourth-order valence-electron chi connectivity index (χ4n) is 2.32. The number of carbonyl (C=O) groups is 1. The lowest BCUT2D eigenvalue weighted by Crippen LogP contribution is -2.47. The molecule has 2 atom stereocenters. The first-order valence-electron chi connectivity index (χ1n) is 6.90. The van der Waals surface area contributed by atoms with Crippen LogP contribution in [0.1, 0.15) is 47.0 Å². The van der Waals surface area contributed by atoms with Crippen molar-refractivity contribution >= 4 is 5.78 Å². The third kappa shape index (κ3) is 4.76. The molecule has 0 N–H and O–H groups in total. The van der Waals surface area contributed by atoms with Gasteiger partial charge >= 0.3 is 0 Å². The van der Waals surface area contributed by atoms with E-state index < -0.39 is 0 Å². The van der Waals surface area contributed by atoms with E-state index in [0.717, 1.165) is 39.0 Å². The summed E-state index contributed by atoms with van der Waals surface area (Å²) in [6.07, 6.45) is 3.34. The molecule has 2 unspecified atom stereocenters. The Labute approximate surface area is 106 Å². The number of nitrogens with zero attached hydrogens (tertiary/aromatic N) is 1. The molecular formula is C14H27NO2. The van der Waals surface area contributed by atoms with Gasteiger partial charge in [-0.25, -0.2) is 0 Å². The molecule has 17 heavy (non-hydrogen) atoms. The molecule has 0 saturated carbocycles. The number of hydrogen-bond acceptors (Lipinski definition) is 3. The van der Waals surface area contributed by atoms with E-state index in [-0.39, 0.29) is 5.92 Å². The van der Waals surface area contributed by atoms with Crippen LogP contribution in [-0.4, -0.2) is 42.5 Å². The van der Waals surface area contributed by atoms with Crippen molar-refractivity contribution in [2.45, 2.75) is 59.1 Å². The molecule has 1 saturated heterocycles. The minimum Gasteiger partial charge on any atom is -0.379 e. The van der Waals surface area contributed by atoms with Crippen molar-refractivity contribution < 1.29 is 9.53 Å². The zero-order valence-electron chi connectivity index (χ0n) is 11.7. The normalized spacial score (nSPS) is 26.8. The van der Waals surface area contributed by atoms with Gasteiger partial charge in [-0.15, -0.1) is 0 Å². The second kappa shape index (κ2) is 7.12. The van der Waals surface area contributed by atoms with Crippen LogP contribution >= 0.6 is 0 Å². The number of hydrogen-bond donors (Lipinski definition) is 0. The zero-order chi connectivity index (χ0) is 12.8. The van der Waals surface area contributed by atoms with Crippen molar-refractivity contribution in [1.29, 1.82) is 0 Å². The second-order valence-electron chi connectivity index (χ2n) is 5.41. The lowest BCUT2D eigenvalue weighted by Gasteiger charge is -2.36. The maximum atomic E-state index is 11.6. The SMILES string of the molecule is CC(C)OCCCCN1CCC(=O)C(C)C1C. The molecule has 0 aromatic carbocycles. The van der Waals surface area contributed by atoms with Gasteiger partial charge in [-0.2, -0.15) is 0 Å². The summed E-state index contributed by atoms with van der Waals surface area (Å²) in [6, 6.07) is 0.405. The highest BCUT2D eigenvalue weighted by atomic mass is 16.5. The Morgan fingerprint density at radius 2 is 2.06 bits per heavy atom. The number of likely N-dealkylation sites (tertiary alicyclic amines) is 1. The number of piperidine rings is 1. The third-order valence-electron chi connectivity index (χ3n) is 3.74. The number of carbonyl (C=O) groups excluding carboxylic acids is 1. The maximum absolute atomic E-state index is 11.6. The Morgan fingerprint density at radius 1 is 1.35 bits per heavy atom. The van der Waals surface area contributed by atoms with Crippen LogP contribution in [0.2, 0.25) is 0 Å². The van der Waals surface area contributed by atoms with E-state index in [2.05, 4.69) is 32.6 Å². The number of ketones is 1. The molecule has 0 radical (unpaired) electrons. The average Bonchev–Trinajstić information content (AvgIpc) is 2.28. The van der Waals surface area contributed by atoms with Crippen LogP contribution in [-0.2, 0) is 9.53 Å². The van der Waals surface area contributed by atoms with Crippen LogP contribution in [0.25, 0.3) is 0 Å². The fraction of sp³-hybridized carbons (Fsp3) is 0.929. The number of rotatable bonds is 6. The number of ether oxygens (including phenoxy) is 1. The highest BCUT2D eigenvalue weighted by Gasteiger charge is 2.29. The molecule has 1 aliphatic heterocycles. The van der Waals surface area contributed by atoms with Gasteiger partial charge in [0.1, 0.15) is 5.78 Å². The van der Waals surface area contributed by atoms with E-state index in [1.807, 2.05) is 0 Å². The lowest BCUT2D eigenvalue weighted by molar-refractivity contribution is -0.127. The van der Waals surface area contributed by atoms with E-state index in [1.165, 1.54) is 0 Å². The lowest BCUT2D eigenvalue weighted by atomic mass is 9.90. The summed E-state index contributed by atoms with van der Waals surface area (Å²) in [5, 5.41) is 0. The Hall–Kier alpha value is -0.410. The van der Waals surface area contributed by atoms with E-state index in [4.69, 9.17) is 4.74 Å². The minimum absolute atomic E-state index is 0.204.